The number of methoxy groups -OCH3 is 1. The van der Waals surface area contributed by atoms with Crippen molar-refractivity contribution in [2.75, 3.05) is 7.11 Å². The second-order valence-electron chi connectivity index (χ2n) is 4.09. The molecule has 0 fully saturated rings. The molecule has 0 amide bonds. The van der Waals surface area contributed by atoms with Gasteiger partial charge >= 0.3 is 5.97 Å². The molecule has 1 atom stereocenters. The van der Waals surface area contributed by atoms with Gasteiger partial charge in [0.2, 0.25) is 5.88 Å². The quantitative estimate of drug-likeness (QED) is 0.755. The Morgan fingerprint density at radius 2 is 2.29 bits per heavy atom. The van der Waals surface area contributed by atoms with E-state index in [-0.39, 0.29) is 12.5 Å². The average molecular weight is 241 g/mol. The number of hydrogen-bond donors (Lipinski definition) is 2. The second kappa shape index (κ2) is 5.67. The van der Waals surface area contributed by atoms with Crippen molar-refractivity contribution >= 4 is 5.97 Å². The maximum Gasteiger partial charge on any atom is 0.303 e. The SMILES string of the molecule is COc1c(CC(N)CCC(=O)O)c(C)nn1C. The zero-order valence-corrected chi connectivity index (χ0v) is 10.4. The first-order valence-electron chi connectivity index (χ1n) is 5.49. The van der Waals surface area contributed by atoms with Gasteiger partial charge in [0.05, 0.1) is 12.8 Å². The van der Waals surface area contributed by atoms with Crippen LogP contribution in [0.25, 0.3) is 0 Å². The molecule has 0 aliphatic rings. The van der Waals surface area contributed by atoms with Crippen LogP contribution >= 0.6 is 0 Å². The lowest BCUT2D eigenvalue weighted by Gasteiger charge is -2.11. The number of nitrogens with zero attached hydrogens (tertiary/aromatic N) is 2. The molecule has 3 N–H and O–H groups in total. The van der Waals surface area contributed by atoms with Crippen LogP contribution in [0.15, 0.2) is 0 Å². The van der Waals surface area contributed by atoms with Gasteiger partial charge in [-0.15, -0.1) is 0 Å². The predicted molar refractivity (Wildman–Crippen MR) is 63.0 cm³/mol. The minimum Gasteiger partial charge on any atom is -0.481 e. The van der Waals surface area contributed by atoms with Crippen LogP contribution in [0.5, 0.6) is 5.88 Å². The van der Waals surface area contributed by atoms with Crippen LogP contribution in [0.3, 0.4) is 0 Å². The van der Waals surface area contributed by atoms with E-state index in [1.807, 2.05) is 6.92 Å². The van der Waals surface area contributed by atoms with Crippen LogP contribution in [0, 0.1) is 6.92 Å². The molecular formula is C11H19N3O3. The van der Waals surface area contributed by atoms with Crippen molar-refractivity contribution in [3.63, 3.8) is 0 Å². The molecule has 0 saturated heterocycles. The molecule has 6 heteroatoms. The molecule has 0 aromatic carbocycles. The lowest BCUT2D eigenvalue weighted by molar-refractivity contribution is -0.137. The fraction of sp³-hybridized carbons (Fsp3) is 0.636. The van der Waals surface area contributed by atoms with E-state index in [2.05, 4.69) is 5.10 Å². The summed E-state index contributed by atoms with van der Waals surface area (Å²) in [6.07, 6.45) is 1.12. The van der Waals surface area contributed by atoms with Gasteiger partial charge in [-0.2, -0.15) is 5.10 Å². The molecule has 1 heterocycles. The Labute approximate surface area is 100 Å². The van der Waals surface area contributed by atoms with Crippen LogP contribution in [-0.2, 0) is 18.3 Å². The Hall–Kier alpha value is -1.56. The topological polar surface area (TPSA) is 90.4 Å². The maximum atomic E-state index is 10.5. The highest BCUT2D eigenvalue weighted by Crippen LogP contribution is 2.22. The molecule has 1 unspecified atom stereocenters. The van der Waals surface area contributed by atoms with E-state index in [4.69, 9.17) is 15.6 Å². The summed E-state index contributed by atoms with van der Waals surface area (Å²) in [5, 5.41) is 12.8. The molecular weight excluding hydrogens is 222 g/mol. The molecule has 0 radical (unpaired) electrons. The van der Waals surface area contributed by atoms with Crippen molar-refractivity contribution in [3.8, 4) is 5.88 Å². The Kier molecular flexibility index (Phi) is 4.51. The lowest BCUT2D eigenvalue weighted by atomic mass is 10.0. The van der Waals surface area contributed by atoms with E-state index >= 15 is 0 Å². The van der Waals surface area contributed by atoms with E-state index in [1.165, 1.54) is 0 Å². The molecule has 1 aromatic heterocycles. The van der Waals surface area contributed by atoms with Crippen molar-refractivity contribution in [1.29, 1.82) is 0 Å². The molecule has 0 aliphatic carbocycles. The summed E-state index contributed by atoms with van der Waals surface area (Å²) in [7, 11) is 3.39. The normalized spacial score (nSPS) is 12.5. The third-order valence-electron chi connectivity index (χ3n) is 2.68. The van der Waals surface area contributed by atoms with E-state index in [1.54, 1.807) is 18.8 Å². The number of carboxylic acid groups (broad SMARTS) is 1. The number of aliphatic carboxylic acids is 1. The second-order valence-corrected chi connectivity index (χ2v) is 4.09. The van der Waals surface area contributed by atoms with Crippen LogP contribution in [0.1, 0.15) is 24.1 Å². The minimum atomic E-state index is -0.824. The van der Waals surface area contributed by atoms with Crippen LogP contribution < -0.4 is 10.5 Å². The summed E-state index contributed by atoms with van der Waals surface area (Å²) >= 11 is 0. The monoisotopic (exact) mass is 241 g/mol. The molecule has 1 aromatic rings. The number of carbonyl (C=O) groups is 1. The van der Waals surface area contributed by atoms with Crippen LogP contribution in [0.4, 0.5) is 0 Å². The Bertz CT molecular complexity index is 401. The number of hydrogen-bond acceptors (Lipinski definition) is 4. The van der Waals surface area contributed by atoms with Gasteiger partial charge in [-0.05, 0) is 19.8 Å². The summed E-state index contributed by atoms with van der Waals surface area (Å²) in [6.45, 7) is 1.89. The third kappa shape index (κ3) is 3.45. The zero-order chi connectivity index (χ0) is 13.0. The smallest absolute Gasteiger partial charge is 0.303 e. The number of ether oxygens (including phenoxy) is 1. The van der Waals surface area contributed by atoms with Gasteiger partial charge in [-0.3, -0.25) is 4.79 Å². The maximum absolute atomic E-state index is 10.5. The highest BCUT2D eigenvalue weighted by Gasteiger charge is 2.17. The first-order valence-corrected chi connectivity index (χ1v) is 5.49. The molecule has 96 valence electrons. The van der Waals surface area contributed by atoms with Crippen molar-refractivity contribution in [2.24, 2.45) is 12.8 Å². The van der Waals surface area contributed by atoms with Crippen molar-refractivity contribution < 1.29 is 14.6 Å². The standard InChI is InChI=1S/C11H19N3O3/c1-7-9(11(17-3)14(2)13-7)6-8(12)4-5-10(15)16/h8H,4-6,12H2,1-3H3,(H,15,16). The fourth-order valence-corrected chi connectivity index (χ4v) is 1.84. The van der Waals surface area contributed by atoms with E-state index < -0.39 is 5.97 Å². The number of rotatable bonds is 6. The Morgan fingerprint density at radius 3 is 2.82 bits per heavy atom. The van der Waals surface area contributed by atoms with Crippen molar-refractivity contribution in [3.05, 3.63) is 11.3 Å². The Morgan fingerprint density at radius 1 is 1.65 bits per heavy atom. The van der Waals surface area contributed by atoms with E-state index in [0.29, 0.717) is 18.7 Å². The molecule has 0 aliphatic heterocycles. The predicted octanol–water partition coefficient (Wildman–Crippen LogP) is 0.472. The largest absolute Gasteiger partial charge is 0.481 e. The zero-order valence-electron chi connectivity index (χ0n) is 10.4. The first kappa shape index (κ1) is 13.5. The number of aryl methyl sites for hydroxylation is 2. The molecule has 6 nitrogen and oxygen atoms in total. The highest BCUT2D eigenvalue weighted by atomic mass is 16.5. The van der Waals surface area contributed by atoms with Gasteiger partial charge in [-0.25, -0.2) is 4.68 Å². The summed E-state index contributed by atoms with van der Waals surface area (Å²) in [5.74, 6) is -0.136. The third-order valence-corrected chi connectivity index (χ3v) is 2.68. The molecule has 0 spiro atoms. The summed E-state index contributed by atoms with van der Waals surface area (Å²) in [5.41, 5.74) is 7.72. The molecule has 17 heavy (non-hydrogen) atoms. The molecule has 0 bridgehead atoms. The molecule has 0 saturated carbocycles. The van der Waals surface area contributed by atoms with Gasteiger partial charge in [0.15, 0.2) is 0 Å². The van der Waals surface area contributed by atoms with Crippen molar-refractivity contribution in [2.45, 2.75) is 32.2 Å². The lowest BCUT2D eigenvalue weighted by Crippen LogP contribution is -2.24. The highest BCUT2D eigenvalue weighted by molar-refractivity contribution is 5.66. The van der Waals surface area contributed by atoms with Gasteiger partial charge < -0.3 is 15.6 Å². The fourth-order valence-electron chi connectivity index (χ4n) is 1.84. The van der Waals surface area contributed by atoms with Crippen LogP contribution in [-0.4, -0.2) is 34.0 Å². The average Bonchev–Trinajstić information content (AvgIpc) is 2.50. The van der Waals surface area contributed by atoms with E-state index in [9.17, 15) is 4.79 Å². The van der Waals surface area contributed by atoms with Gasteiger partial charge in [0, 0.05) is 25.1 Å². The van der Waals surface area contributed by atoms with Gasteiger partial charge in [-0.1, -0.05) is 0 Å². The summed E-state index contributed by atoms with van der Waals surface area (Å²) in [4.78, 5) is 10.5. The number of aromatic nitrogens is 2. The van der Waals surface area contributed by atoms with Crippen LogP contribution in [0.2, 0.25) is 0 Å². The molecule has 1 rings (SSSR count). The van der Waals surface area contributed by atoms with Gasteiger partial charge in [0.25, 0.3) is 0 Å². The van der Waals surface area contributed by atoms with E-state index in [0.717, 1.165) is 11.3 Å². The van der Waals surface area contributed by atoms with Crippen molar-refractivity contribution in [1.82, 2.24) is 9.78 Å². The minimum absolute atomic E-state index is 0.0861. The summed E-state index contributed by atoms with van der Waals surface area (Å²) in [6, 6.07) is -0.192. The number of nitrogens with two attached hydrogens (primary N) is 1. The summed E-state index contributed by atoms with van der Waals surface area (Å²) < 4.78 is 6.91. The van der Waals surface area contributed by atoms with Gasteiger partial charge in [0.1, 0.15) is 0 Å². The Balaban J connectivity index is 2.70. The first-order chi connectivity index (χ1) is 7.95. The number of carboxylic acids is 1.